The van der Waals surface area contributed by atoms with Gasteiger partial charge in [0.1, 0.15) is 11.6 Å². The Kier molecular flexibility index (Phi) is 9.27. The minimum Gasteiger partial charge on any atom is -0.444 e. The van der Waals surface area contributed by atoms with Gasteiger partial charge in [-0.3, -0.25) is 14.6 Å². The van der Waals surface area contributed by atoms with Crippen molar-refractivity contribution >= 4 is 40.9 Å². The van der Waals surface area contributed by atoms with Gasteiger partial charge in [0.25, 0.3) is 0 Å². The zero-order chi connectivity index (χ0) is 26.7. The molecule has 1 aromatic carbocycles. The Hall–Kier alpha value is -1.91. The van der Waals surface area contributed by atoms with Crippen molar-refractivity contribution in [2.75, 3.05) is 57.3 Å². The molecule has 36 heavy (non-hydrogen) atoms. The highest BCUT2D eigenvalue weighted by atomic mass is 35.5. The van der Waals surface area contributed by atoms with Gasteiger partial charge in [0.05, 0.1) is 10.0 Å². The van der Waals surface area contributed by atoms with Crippen molar-refractivity contribution in [1.29, 1.82) is 0 Å². The van der Waals surface area contributed by atoms with Gasteiger partial charge in [-0.15, -0.1) is 0 Å². The van der Waals surface area contributed by atoms with E-state index in [1.54, 1.807) is 37.8 Å². The molecule has 3 rings (SSSR count). The van der Waals surface area contributed by atoms with E-state index in [-0.39, 0.29) is 32.0 Å². The van der Waals surface area contributed by atoms with Crippen LogP contribution in [0, 0.1) is 0 Å². The van der Waals surface area contributed by atoms with E-state index in [0.717, 1.165) is 5.69 Å². The summed E-state index contributed by atoms with van der Waals surface area (Å²) in [7, 11) is 0. The zero-order valence-corrected chi connectivity index (χ0v) is 22.3. The van der Waals surface area contributed by atoms with Crippen molar-refractivity contribution < 1.29 is 27.5 Å². The van der Waals surface area contributed by atoms with E-state index in [9.17, 15) is 22.8 Å². The van der Waals surface area contributed by atoms with E-state index in [0.29, 0.717) is 42.8 Å². The van der Waals surface area contributed by atoms with Crippen LogP contribution in [0.3, 0.4) is 0 Å². The summed E-state index contributed by atoms with van der Waals surface area (Å²) < 4.78 is 43.4. The predicted molar refractivity (Wildman–Crippen MR) is 134 cm³/mol. The van der Waals surface area contributed by atoms with Crippen molar-refractivity contribution in [3.05, 3.63) is 28.2 Å². The molecule has 0 aromatic heterocycles. The van der Waals surface area contributed by atoms with Crippen molar-refractivity contribution in [2.24, 2.45) is 0 Å². The van der Waals surface area contributed by atoms with Crippen molar-refractivity contribution in [3.63, 3.8) is 0 Å². The Morgan fingerprint density at radius 3 is 2.25 bits per heavy atom. The van der Waals surface area contributed by atoms with Crippen LogP contribution in [-0.2, 0) is 9.53 Å². The number of alkyl halides is 3. The van der Waals surface area contributed by atoms with Gasteiger partial charge < -0.3 is 14.5 Å². The Morgan fingerprint density at radius 1 is 1.00 bits per heavy atom. The SMILES string of the molecule is CC(C)(C)OC(=O)N1CCN(CCCC(F)(F)F)C[C@@H]1C(=O)N1CCN(c2ccc(Cl)c(Cl)c2)CC1. The monoisotopic (exact) mass is 552 g/mol. The van der Waals surface area contributed by atoms with E-state index in [4.69, 9.17) is 27.9 Å². The summed E-state index contributed by atoms with van der Waals surface area (Å²) in [6.07, 6.45) is -5.75. The average molecular weight is 553 g/mol. The van der Waals surface area contributed by atoms with Gasteiger partial charge in [0.2, 0.25) is 5.91 Å². The molecule has 0 spiro atoms. The molecule has 2 amide bonds. The predicted octanol–water partition coefficient (Wildman–Crippen LogP) is 4.91. The number of rotatable bonds is 5. The first kappa shape index (κ1) is 28.7. The highest BCUT2D eigenvalue weighted by Gasteiger charge is 2.40. The summed E-state index contributed by atoms with van der Waals surface area (Å²) in [5, 5.41) is 0.919. The number of piperazine rings is 2. The number of anilines is 1. The van der Waals surface area contributed by atoms with Gasteiger partial charge in [-0.2, -0.15) is 13.2 Å². The lowest BCUT2D eigenvalue weighted by molar-refractivity contribution is -0.141. The second-order valence-corrected chi connectivity index (χ2v) is 10.9. The maximum Gasteiger partial charge on any atom is 0.411 e. The fourth-order valence-electron chi connectivity index (χ4n) is 4.37. The molecule has 2 aliphatic rings. The Balaban J connectivity index is 1.67. The summed E-state index contributed by atoms with van der Waals surface area (Å²) in [6, 6.07) is 4.56. The molecular weight excluding hydrogens is 520 g/mol. The van der Waals surface area contributed by atoms with Gasteiger partial charge in [-0.05, 0) is 51.9 Å². The number of ether oxygens (including phenoxy) is 1. The van der Waals surface area contributed by atoms with Gasteiger partial charge in [-0.1, -0.05) is 23.2 Å². The lowest BCUT2D eigenvalue weighted by Crippen LogP contribution is -2.63. The molecule has 0 aliphatic carbocycles. The number of halogens is 5. The summed E-state index contributed by atoms with van der Waals surface area (Å²) in [5.74, 6) is -0.227. The quantitative estimate of drug-likeness (QED) is 0.519. The zero-order valence-electron chi connectivity index (χ0n) is 20.8. The normalized spacial score (nSPS) is 20.0. The number of hydrogen-bond acceptors (Lipinski definition) is 5. The van der Waals surface area contributed by atoms with E-state index >= 15 is 0 Å². The lowest BCUT2D eigenvalue weighted by atomic mass is 10.1. The van der Waals surface area contributed by atoms with E-state index in [1.165, 1.54) is 4.90 Å². The molecule has 0 radical (unpaired) electrons. The first-order chi connectivity index (χ1) is 16.7. The minimum atomic E-state index is -4.22. The number of carbonyl (C=O) groups is 2. The molecule has 202 valence electrons. The van der Waals surface area contributed by atoms with Crippen LogP contribution in [0.15, 0.2) is 18.2 Å². The smallest absolute Gasteiger partial charge is 0.411 e. The third-order valence-electron chi connectivity index (χ3n) is 6.17. The molecule has 2 fully saturated rings. The van der Waals surface area contributed by atoms with Crippen LogP contribution in [-0.4, -0.2) is 96.9 Å². The van der Waals surface area contributed by atoms with Gasteiger partial charge in [-0.25, -0.2) is 4.79 Å². The third-order valence-corrected chi connectivity index (χ3v) is 6.91. The van der Waals surface area contributed by atoms with Crippen LogP contribution >= 0.6 is 23.2 Å². The molecule has 2 aliphatic heterocycles. The fourth-order valence-corrected chi connectivity index (χ4v) is 4.67. The Bertz CT molecular complexity index is 934. The van der Waals surface area contributed by atoms with Crippen molar-refractivity contribution in [3.8, 4) is 0 Å². The van der Waals surface area contributed by atoms with Crippen LogP contribution in [0.25, 0.3) is 0 Å². The third kappa shape index (κ3) is 8.05. The number of benzene rings is 1. The van der Waals surface area contributed by atoms with E-state index in [1.807, 2.05) is 11.0 Å². The van der Waals surface area contributed by atoms with Crippen molar-refractivity contribution in [2.45, 2.75) is 51.4 Å². The topological polar surface area (TPSA) is 56.3 Å². The van der Waals surface area contributed by atoms with Crippen molar-refractivity contribution in [1.82, 2.24) is 14.7 Å². The molecule has 12 heteroatoms. The standard InChI is InChI=1S/C24H33Cl2F3N4O3/c1-23(2,3)36-22(35)33-14-9-30(8-4-7-24(27,28)29)16-20(33)21(34)32-12-10-31(11-13-32)17-5-6-18(25)19(26)15-17/h5-6,15,20H,4,7-14,16H2,1-3H3/t20-/m1/s1. The second kappa shape index (κ2) is 11.6. The number of amides is 2. The number of hydrogen-bond donors (Lipinski definition) is 0. The maximum absolute atomic E-state index is 13.6. The number of carbonyl (C=O) groups excluding carboxylic acids is 2. The molecule has 2 saturated heterocycles. The number of nitrogens with zero attached hydrogens (tertiary/aromatic N) is 4. The van der Waals surface area contributed by atoms with Crippen LogP contribution < -0.4 is 4.90 Å². The first-order valence-corrected chi connectivity index (χ1v) is 12.8. The minimum absolute atomic E-state index is 0.0564. The summed E-state index contributed by atoms with van der Waals surface area (Å²) in [4.78, 5) is 33.5. The summed E-state index contributed by atoms with van der Waals surface area (Å²) >= 11 is 12.2. The molecule has 1 atom stereocenters. The van der Waals surface area contributed by atoms with Crippen LogP contribution in [0.1, 0.15) is 33.6 Å². The van der Waals surface area contributed by atoms with E-state index in [2.05, 4.69) is 4.90 Å². The average Bonchev–Trinajstić information content (AvgIpc) is 2.78. The molecule has 0 bridgehead atoms. The largest absolute Gasteiger partial charge is 0.444 e. The molecule has 0 saturated carbocycles. The first-order valence-electron chi connectivity index (χ1n) is 12.0. The summed E-state index contributed by atoms with van der Waals surface area (Å²) in [6.45, 7) is 8.21. The van der Waals surface area contributed by atoms with Crippen LogP contribution in [0.4, 0.5) is 23.7 Å². The molecule has 2 heterocycles. The molecule has 7 nitrogen and oxygen atoms in total. The van der Waals surface area contributed by atoms with Crippen LogP contribution in [0.2, 0.25) is 10.0 Å². The second-order valence-electron chi connectivity index (χ2n) is 10.1. The molecule has 1 aromatic rings. The maximum atomic E-state index is 13.6. The fraction of sp³-hybridized carbons (Fsp3) is 0.667. The van der Waals surface area contributed by atoms with Gasteiger partial charge >= 0.3 is 12.3 Å². The molecule has 0 N–H and O–H groups in total. The Labute approximate surface area is 220 Å². The lowest BCUT2D eigenvalue weighted by Gasteiger charge is -2.44. The highest BCUT2D eigenvalue weighted by Crippen LogP contribution is 2.28. The van der Waals surface area contributed by atoms with Crippen LogP contribution in [0.5, 0.6) is 0 Å². The Morgan fingerprint density at radius 2 is 1.67 bits per heavy atom. The van der Waals surface area contributed by atoms with E-state index < -0.39 is 30.3 Å². The molecule has 0 unspecified atom stereocenters. The highest BCUT2D eigenvalue weighted by molar-refractivity contribution is 6.42. The summed E-state index contributed by atoms with van der Waals surface area (Å²) in [5.41, 5.74) is 0.167. The molecular formula is C24H33Cl2F3N4O3. The van der Waals surface area contributed by atoms with Gasteiger partial charge in [0.15, 0.2) is 0 Å². The van der Waals surface area contributed by atoms with Gasteiger partial charge in [0, 0.05) is 57.9 Å².